The normalized spacial score (nSPS) is 17.3. The monoisotopic (exact) mass is 290 g/mol. The first kappa shape index (κ1) is 15.8. The summed E-state index contributed by atoms with van der Waals surface area (Å²) < 4.78 is 0. The summed E-state index contributed by atoms with van der Waals surface area (Å²) in [7, 11) is 0. The van der Waals surface area contributed by atoms with E-state index < -0.39 is 11.5 Å². The SMILES string of the molecule is CCNC(CN(CC)c1cccc(C)c1)(C(=O)O)C1CC1. The lowest BCUT2D eigenvalue weighted by Gasteiger charge is -2.37. The zero-order valence-electron chi connectivity index (χ0n) is 13.2. The fourth-order valence-electron chi connectivity index (χ4n) is 3.05. The van der Waals surface area contributed by atoms with Crippen molar-refractivity contribution >= 4 is 11.7 Å². The predicted octanol–water partition coefficient (Wildman–Crippen LogP) is 2.66. The van der Waals surface area contributed by atoms with Gasteiger partial charge in [-0.1, -0.05) is 19.1 Å². The van der Waals surface area contributed by atoms with Crippen LogP contribution in [0.4, 0.5) is 5.69 Å². The van der Waals surface area contributed by atoms with Gasteiger partial charge in [-0.15, -0.1) is 0 Å². The van der Waals surface area contributed by atoms with Crippen molar-refractivity contribution in [1.82, 2.24) is 5.32 Å². The highest BCUT2D eigenvalue weighted by Gasteiger charge is 2.51. The Morgan fingerprint density at radius 2 is 2.14 bits per heavy atom. The Hall–Kier alpha value is -1.55. The number of hydrogen-bond donors (Lipinski definition) is 2. The van der Waals surface area contributed by atoms with Crippen LogP contribution >= 0.6 is 0 Å². The average Bonchev–Trinajstić information content (AvgIpc) is 3.28. The van der Waals surface area contributed by atoms with Gasteiger partial charge in [0, 0.05) is 18.8 Å². The molecule has 1 unspecified atom stereocenters. The van der Waals surface area contributed by atoms with E-state index >= 15 is 0 Å². The smallest absolute Gasteiger partial charge is 0.326 e. The molecule has 0 radical (unpaired) electrons. The lowest BCUT2D eigenvalue weighted by Crippen LogP contribution is -2.61. The summed E-state index contributed by atoms with van der Waals surface area (Å²) >= 11 is 0. The third-order valence-corrected chi connectivity index (χ3v) is 4.34. The molecule has 2 N–H and O–H groups in total. The van der Waals surface area contributed by atoms with E-state index in [1.807, 2.05) is 13.0 Å². The molecule has 0 aliphatic heterocycles. The van der Waals surface area contributed by atoms with Gasteiger partial charge >= 0.3 is 5.97 Å². The molecule has 1 fully saturated rings. The number of anilines is 1. The second-order valence-electron chi connectivity index (χ2n) is 5.93. The van der Waals surface area contributed by atoms with Crippen molar-refractivity contribution in [3.05, 3.63) is 29.8 Å². The number of nitrogens with zero attached hydrogens (tertiary/aromatic N) is 1. The lowest BCUT2D eigenvalue weighted by molar-refractivity contribution is -0.145. The largest absolute Gasteiger partial charge is 0.480 e. The maximum absolute atomic E-state index is 12.0. The molecule has 0 aromatic heterocycles. The molecule has 21 heavy (non-hydrogen) atoms. The van der Waals surface area contributed by atoms with Crippen molar-refractivity contribution in [3.63, 3.8) is 0 Å². The first-order valence-corrected chi connectivity index (χ1v) is 7.83. The number of aryl methyl sites for hydroxylation is 1. The Bertz CT molecular complexity index is 499. The van der Waals surface area contributed by atoms with E-state index in [4.69, 9.17) is 0 Å². The highest BCUT2D eigenvalue weighted by molar-refractivity contribution is 5.81. The van der Waals surface area contributed by atoms with Gasteiger partial charge < -0.3 is 15.3 Å². The van der Waals surface area contributed by atoms with E-state index in [2.05, 4.69) is 42.3 Å². The van der Waals surface area contributed by atoms with Crippen molar-refractivity contribution in [2.45, 2.75) is 39.2 Å². The number of hydrogen-bond acceptors (Lipinski definition) is 3. The van der Waals surface area contributed by atoms with Gasteiger partial charge in [0.1, 0.15) is 5.54 Å². The van der Waals surface area contributed by atoms with Gasteiger partial charge in [0.05, 0.1) is 0 Å². The Kier molecular flexibility index (Phi) is 4.88. The summed E-state index contributed by atoms with van der Waals surface area (Å²) in [5, 5.41) is 13.1. The minimum Gasteiger partial charge on any atom is -0.480 e. The van der Waals surface area contributed by atoms with Gasteiger partial charge in [-0.05, 0) is 56.8 Å². The fourth-order valence-corrected chi connectivity index (χ4v) is 3.05. The van der Waals surface area contributed by atoms with Crippen LogP contribution in [0.2, 0.25) is 0 Å². The molecule has 1 atom stereocenters. The van der Waals surface area contributed by atoms with E-state index in [1.165, 1.54) is 5.56 Å². The van der Waals surface area contributed by atoms with Crippen molar-refractivity contribution in [2.75, 3.05) is 24.5 Å². The number of benzene rings is 1. The molecule has 0 bridgehead atoms. The van der Waals surface area contributed by atoms with E-state index in [0.29, 0.717) is 13.1 Å². The first-order valence-electron chi connectivity index (χ1n) is 7.83. The molecule has 4 nitrogen and oxygen atoms in total. The van der Waals surface area contributed by atoms with Gasteiger partial charge in [-0.25, -0.2) is 0 Å². The molecule has 1 aromatic rings. The zero-order valence-corrected chi connectivity index (χ0v) is 13.2. The van der Waals surface area contributed by atoms with Crippen LogP contribution in [0.25, 0.3) is 0 Å². The van der Waals surface area contributed by atoms with Crippen LogP contribution in [0, 0.1) is 12.8 Å². The third-order valence-electron chi connectivity index (χ3n) is 4.34. The standard InChI is InChI=1S/C17H26N2O2/c1-4-18-17(16(20)21,14-9-10-14)12-19(5-2)15-8-6-7-13(3)11-15/h6-8,11,14,18H,4-5,9-10,12H2,1-3H3,(H,20,21). The van der Waals surface area contributed by atoms with Crippen LogP contribution in [0.3, 0.4) is 0 Å². The van der Waals surface area contributed by atoms with Gasteiger partial charge in [0.25, 0.3) is 0 Å². The predicted molar refractivity (Wildman–Crippen MR) is 85.8 cm³/mol. The van der Waals surface area contributed by atoms with Crippen molar-refractivity contribution in [1.29, 1.82) is 0 Å². The maximum Gasteiger partial charge on any atom is 0.326 e. The number of carboxylic acids is 1. The lowest BCUT2D eigenvalue weighted by atomic mass is 9.91. The summed E-state index contributed by atoms with van der Waals surface area (Å²) in [6, 6.07) is 8.27. The van der Waals surface area contributed by atoms with Crippen LogP contribution < -0.4 is 10.2 Å². The molecular formula is C17H26N2O2. The Labute approximate surface area is 127 Å². The second kappa shape index (κ2) is 6.48. The summed E-state index contributed by atoms with van der Waals surface area (Å²) in [4.78, 5) is 14.1. The summed E-state index contributed by atoms with van der Waals surface area (Å²) in [5.41, 5.74) is 1.47. The van der Waals surface area contributed by atoms with Crippen LogP contribution in [0.15, 0.2) is 24.3 Å². The van der Waals surface area contributed by atoms with Gasteiger partial charge in [-0.2, -0.15) is 0 Å². The van der Waals surface area contributed by atoms with Gasteiger partial charge in [0.2, 0.25) is 0 Å². The Morgan fingerprint density at radius 3 is 2.62 bits per heavy atom. The highest BCUT2D eigenvalue weighted by Crippen LogP contribution is 2.41. The first-order chi connectivity index (χ1) is 10.0. The Morgan fingerprint density at radius 1 is 1.43 bits per heavy atom. The number of likely N-dealkylation sites (N-methyl/N-ethyl adjacent to an activating group) is 2. The molecule has 0 amide bonds. The number of nitrogens with one attached hydrogen (secondary N) is 1. The van der Waals surface area contributed by atoms with Gasteiger partial charge in [-0.3, -0.25) is 4.79 Å². The topological polar surface area (TPSA) is 52.6 Å². The molecule has 1 aliphatic carbocycles. The molecule has 0 spiro atoms. The molecule has 4 heteroatoms. The van der Waals surface area contributed by atoms with E-state index in [1.54, 1.807) is 0 Å². The highest BCUT2D eigenvalue weighted by atomic mass is 16.4. The maximum atomic E-state index is 12.0. The number of aliphatic carboxylic acids is 1. The molecule has 1 saturated carbocycles. The molecular weight excluding hydrogens is 264 g/mol. The summed E-state index contributed by atoms with van der Waals surface area (Å²) in [6.45, 7) is 8.11. The number of carboxylic acid groups (broad SMARTS) is 1. The van der Waals surface area contributed by atoms with Crippen molar-refractivity contribution in [3.8, 4) is 0 Å². The molecule has 1 aliphatic rings. The minimum atomic E-state index is -0.825. The molecule has 116 valence electrons. The molecule has 0 heterocycles. The van der Waals surface area contributed by atoms with E-state index in [0.717, 1.165) is 25.1 Å². The van der Waals surface area contributed by atoms with Crippen molar-refractivity contribution < 1.29 is 9.90 Å². The van der Waals surface area contributed by atoms with E-state index in [9.17, 15) is 9.90 Å². The third kappa shape index (κ3) is 3.38. The summed E-state index contributed by atoms with van der Waals surface area (Å²) in [5.74, 6) is -0.480. The van der Waals surface area contributed by atoms with E-state index in [-0.39, 0.29) is 5.92 Å². The van der Waals surface area contributed by atoms with Gasteiger partial charge in [0.15, 0.2) is 0 Å². The average molecular weight is 290 g/mol. The molecule has 0 saturated heterocycles. The van der Waals surface area contributed by atoms with Crippen LogP contribution in [0.1, 0.15) is 32.3 Å². The Balaban J connectivity index is 2.26. The zero-order chi connectivity index (χ0) is 15.5. The second-order valence-corrected chi connectivity index (χ2v) is 5.93. The minimum absolute atomic E-state index is 0.244. The fraction of sp³-hybridized carbons (Fsp3) is 0.588. The van der Waals surface area contributed by atoms with Crippen LogP contribution in [0.5, 0.6) is 0 Å². The molecule has 2 rings (SSSR count). The number of rotatable bonds is 8. The quantitative estimate of drug-likeness (QED) is 0.773. The van der Waals surface area contributed by atoms with Crippen molar-refractivity contribution in [2.24, 2.45) is 5.92 Å². The molecule has 1 aromatic carbocycles. The summed E-state index contributed by atoms with van der Waals surface area (Å²) in [6.07, 6.45) is 2.01. The van der Waals surface area contributed by atoms with Crippen LogP contribution in [-0.2, 0) is 4.79 Å². The van der Waals surface area contributed by atoms with Crippen LogP contribution in [-0.4, -0.2) is 36.2 Å². The number of carbonyl (C=O) groups is 1.